The Labute approximate surface area is 105 Å². The molecule has 98 valence electrons. The number of nitro benzene ring substituents is 1. The molecule has 0 aliphatic carbocycles. The zero-order valence-corrected chi connectivity index (χ0v) is 9.96. The van der Waals surface area contributed by atoms with Crippen molar-refractivity contribution in [2.75, 3.05) is 18.5 Å². The second-order valence-corrected chi connectivity index (χ2v) is 4.34. The standard InChI is InChI=1S/C12H16N2O4/c15-10-3-4-11(12(8-10)14(16)17)13-9-2-1-6-18-7-5-9/h3-4,8-9,13,15H,1-2,5-7H2. The van der Waals surface area contributed by atoms with E-state index in [2.05, 4.69) is 5.32 Å². The maximum absolute atomic E-state index is 10.9. The lowest BCUT2D eigenvalue weighted by atomic mass is 10.1. The van der Waals surface area contributed by atoms with Crippen LogP contribution in [0, 0.1) is 10.1 Å². The van der Waals surface area contributed by atoms with Crippen molar-refractivity contribution >= 4 is 11.4 Å². The van der Waals surface area contributed by atoms with E-state index in [0.29, 0.717) is 12.3 Å². The molecule has 1 saturated heterocycles. The number of benzene rings is 1. The lowest BCUT2D eigenvalue weighted by molar-refractivity contribution is -0.384. The summed E-state index contributed by atoms with van der Waals surface area (Å²) in [7, 11) is 0. The van der Waals surface area contributed by atoms with Crippen LogP contribution in [0.2, 0.25) is 0 Å². The first kappa shape index (κ1) is 12.6. The van der Waals surface area contributed by atoms with Gasteiger partial charge < -0.3 is 15.2 Å². The van der Waals surface area contributed by atoms with Gasteiger partial charge in [0.25, 0.3) is 5.69 Å². The highest BCUT2D eigenvalue weighted by Gasteiger charge is 2.19. The molecule has 0 saturated carbocycles. The Balaban J connectivity index is 2.14. The van der Waals surface area contributed by atoms with Gasteiger partial charge in [-0.3, -0.25) is 10.1 Å². The van der Waals surface area contributed by atoms with Crippen LogP contribution in [0.3, 0.4) is 0 Å². The number of nitro groups is 1. The van der Waals surface area contributed by atoms with Gasteiger partial charge in [-0.25, -0.2) is 0 Å². The van der Waals surface area contributed by atoms with E-state index in [1.54, 1.807) is 6.07 Å². The second-order valence-electron chi connectivity index (χ2n) is 4.34. The molecule has 1 aliphatic rings. The molecule has 1 aromatic carbocycles. The molecular formula is C12H16N2O4. The Hall–Kier alpha value is -1.82. The van der Waals surface area contributed by atoms with Gasteiger partial charge in [-0.2, -0.15) is 0 Å². The first-order chi connectivity index (χ1) is 8.66. The molecular weight excluding hydrogens is 236 g/mol. The molecule has 0 aromatic heterocycles. The van der Waals surface area contributed by atoms with Crippen LogP contribution in [0.4, 0.5) is 11.4 Å². The maximum Gasteiger partial charge on any atom is 0.296 e. The van der Waals surface area contributed by atoms with Crippen molar-refractivity contribution in [1.82, 2.24) is 0 Å². The van der Waals surface area contributed by atoms with E-state index in [-0.39, 0.29) is 17.5 Å². The van der Waals surface area contributed by atoms with E-state index in [9.17, 15) is 15.2 Å². The van der Waals surface area contributed by atoms with Crippen LogP contribution in [-0.2, 0) is 4.74 Å². The molecule has 6 heteroatoms. The zero-order valence-electron chi connectivity index (χ0n) is 9.96. The van der Waals surface area contributed by atoms with Crippen LogP contribution in [0.25, 0.3) is 0 Å². The summed E-state index contributed by atoms with van der Waals surface area (Å²) in [6, 6.07) is 4.33. The summed E-state index contributed by atoms with van der Waals surface area (Å²) in [4.78, 5) is 10.4. The van der Waals surface area contributed by atoms with Crippen molar-refractivity contribution in [2.45, 2.75) is 25.3 Å². The van der Waals surface area contributed by atoms with E-state index in [4.69, 9.17) is 4.74 Å². The summed E-state index contributed by atoms with van der Waals surface area (Å²) in [5.41, 5.74) is 0.352. The van der Waals surface area contributed by atoms with Gasteiger partial charge >= 0.3 is 0 Å². The summed E-state index contributed by atoms with van der Waals surface area (Å²) < 4.78 is 5.35. The fourth-order valence-corrected chi connectivity index (χ4v) is 2.06. The Bertz CT molecular complexity index is 428. The first-order valence-electron chi connectivity index (χ1n) is 5.98. The van der Waals surface area contributed by atoms with Crippen molar-refractivity contribution < 1.29 is 14.8 Å². The SMILES string of the molecule is O=[N+]([O-])c1cc(O)ccc1NC1CCCOCC1. The molecule has 1 aromatic rings. The number of nitrogens with zero attached hydrogens (tertiary/aromatic N) is 1. The van der Waals surface area contributed by atoms with E-state index in [0.717, 1.165) is 31.9 Å². The third-order valence-electron chi connectivity index (χ3n) is 2.99. The van der Waals surface area contributed by atoms with E-state index >= 15 is 0 Å². The van der Waals surface area contributed by atoms with Crippen LogP contribution < -0.4 is 5.32 Å². The minimum atomic E-state index is -0.491. The van der Waals surface area contributed by atoms with Crippen LogP contribution >= 0.6 is 0 Å². The van der Waals surface area contributed by atoms with E-state index in [1.165, 1.54) is 6.07 Å². The Morgan fingerprint density at radius 3 is 3.00 bits per heavy atom. The van der Waals surface area contributed by atoms with Crippen molar-refractivity contribution in [3.63, 3.8) is 0 Å². The molecule has 0 bridgehead atoms. The molecule has 18 heavy (non-hydrogen) atoms. The van der Waals surface area contributed by atoms with Gasteiger partial charge in [0.1, 0.15) is 11.4 Å². The maximum atomic E-state index is 10.9. The van der Waals surface area contributed by atoms with Crippen molar-refractivity contribution in [3.8, 4) is 5.75 Å². The van der Waals surface area contributed by atoms with E-state index < -0.39 is 4.92 Å². The van der Waals surface area contributed by atoms with Crippen molar-refractivity contribution in [1.29, 1.82) is 0 Å². The largest absolute Gasteiger partial charge is 0.508 e. The summed E-state index contributed by atoms with van der Waals surface area (Å²) in [6.45, 7) is 1.42. The minimum absolute atomic E-state index is 0.0971. The van der Waals surface area contributed by atoms with Gasteiger partial charge in [0.2, 0.25) is 0 Å². The molecule has 1 fully saturated rings. The molecule has 1 heterocycles. The predicted octanol–water partition coefficient (Wildman–Crippen LogP) is 2.28. The van der Waals surface area contributed by atoms with Crippen LogP contribution in [0.1, 0.15) is 19.3 Å². The number of aromatic hydroxyl groups is 1. The number of phenols is 1. The Morgan fingerprint density at radius 2 is 2.22 bits per heavy atom. The number of ether oxygens (including phenoxy) is 1. The molecule has 2 N–H and O–H groups in total. The lowest BCUT2D eigenvalue weighted by Crippen LogP contribution is -2.20. The summed E-state index contributed by atoms with van der Waals surface area (Å²) in [5, 5.41) is 23.4. The van der Waals surface area contributed by atoms with Crippen LogP contribution in [-0.4, -0.2) is 29.3 Å². The average molecular weight is 252 g/mol. The summed E-state index contributed by atoms with van der Waals surface area (Å²) in [6.07, 6.45) is 2.71. The van der Waals surface area contributed by atoms with Gasteiger partial charge in [0.05, 0.1) is 11.0 Å². The fraction of sp³-hybridized carbons (Fsp3) is 0.500. The predicted molar refractivity (Wildman–Crippen MR) is 66.8 cm³/mol. The highest BCUT2D eigenvalue weighted by molar-refractivity contribution is 5.64. The third kappa shape index (κ3) is 3.10. The highest BCUT2D eigenvalue weighted by atomic mass is 16.6. The van der Waals surface area contributed by atoms with Gasteiger partial charge in [-0.15, -0.1) is 0 Å². The smallest absolute Gasteiger partial charge is 0.296 e. The molecule has 1 unspecified atom stereocenters. The number of hydrogen-bond acceptors (Lipinski definition) is 5. The number of hydrogen-bond donors (Lipinski definition) is 2. The number of nitrogens with one attached hydrogen (secondary N) is 1. The first-order valence-corrected chi connectivity index (χ1v) is 5.98. The average Bonchev–Trinajstić information content (AvgIpc) is 2.60. The highest BCUT2D eigenvalue weighted by Crippen LogP contribution is 2.29. The molecule has 1 aliphatic heterocycles. The van der Waals surface area contributed by atoms with Crippen molar-refractivity contribution in [2.24, 2.45) is 0 Å². The van der Waals surface area contributed by atoms with Gasteiger partial charge in [0, 0.05) is 19.3 Å². The van der Waals surface area contributed by atoms with Crippen molar-refractivity contribution in [3.05, 3.63) is 28.3 Å². The zero-order chi connectivity index (χ0) is 13.0. The normalized spacial score (nSPS) is 20.1. The number of phenolic OH excluding ortho intramolecular Hbond substituents is 1. The summed E-state index contributed by atoms with van der Waals surface area (Å²) >= 11 is 0. The van der Waals surface area contributed by atoms with Gasteiger partial charge in [-0.1, -0.05) is 0 Å². The quantitative estimate of drug-likeness (QED) is 0.489. The van der Waals surface area contributed by atoms with Gasteiger partial charge in [0.15, 0.2) is 0 Å². The number of rotatable bonds is 3. The monoisotopic (exact) mass is 252 g/mol. The molecule has 1 atom stereocenters. The van der Waals surface area contributed by atoms with Crippen LogP contribution in [0.15, 0.2) is 18.2 Å². The molecule has 6 nitrogen and oxygen atoms in total. The molecule has 0 radical (unpaired) electrons. The lowest BCUT2D eigenvalue weighted by Gasteiger charge is -2.16. The second kappa shape index (κ2) is 5.68. The van der Waals surface area contributed by atoms with Gasteiger partial charge in [-0.05, 0) is 31.4 Å². The third-order valence-corrected chi connectivity index (χ3v) is 2.99. The minimum Gasteiger partial charge on any atom is -0.508 e. The van der Waals surface area contributed by atoms with E-state index in [1.807, 2.05) is 0 Å². The molecule has 2 rings (SSSR count). The summed E-state index contributed by atoms with van der Waals surface area (Å²) in [5.74, 6) is -0.101. The fourth-order valence-electron chi connectivity index (χ4n) is 2.06. The number of anilines is 1. The van der Waals surface area contributed by atoms with Crippen LogP contribution in [0.5, 0.6) is 5.75 Å². The topological polar surface area (TPSA) is 84.6 Å². The molecule has 0 spiro atoms. The Kier molecular flexibility index (Phi) is 3.99. The molecule has 0 amide bonds. The Morgan fingerprint density at radius 1 is 1.39 bits per heavy atom.